The van der Waals surface area contributed by atoms with Crippen LogP contribution in [-0.2, 0) is 4.79 Å². The van der Waals surface area contributed by atoms with Crippen molar-refractivity contribution in [1.82, 2.24) is 0 Å². The molecule has 0 aromatic heterocycles. The number of hydrogen-bond acceptors (Lipinski definition) is 2. The van der Waals surface area contributed by atoms with Gasteiger partial charge in [0.05, 0.1) is 6.42 Å². The zero-order chi connectivity index (χ0) is 14.4. The van der Waals surface area contributed by atoms with Crippen LogP contribution >= 0.6 is 11.8 Å². The highest BCUT2D eigenvalue weighted by Crippen LogP contribution is 2.40. The first-order valence-corrected chi connectivity index (χ1v) is 7.82. The van der Waals surface area contributed by atoms with Crippen LogP contribution in [-0.4, -0.2) is 16.8 Å². The molecule has 0 radical (unpaired) electrons. The first kappa shape index (κ1) is 16.1. The molecule has 0 fully saturated rings. The van der Waals surface area contributed by atoms with E-state index in [0.717, 1.165) is 12.8 Å². The Morgan fingerprint density at radius 3 is 2.58 bits per heavy atom. The summed E-state index contributed by atoms with van der Waals surface area (Å²) in [7, 11) is 0. The third kappa shape index (κ3) is 5.68. The lowest BCUT2D eigenvalue weighted by Crippen LogP contribution is -1.97. The van der Waals surface area contributed by atoms with Gasteiger partial charge >= 0.3 is 5.97 Å². The molecular formula is C16H24O2S. The summed E-state index contributed by atoms with van der Waals surface area (Å²) in [5.74, 6) is 0.473. The highest BCUT2D eigenvalue weighted by atomic mass is 32.2. The van der Waals surface area contributed by atoms with E-state index >= 15 is 0 Å². The van der Waals surface area contributed by atoms with Crippen LogP contribution < -0.4 is 0 Å². The van der Waals surface area contributed by atoms with Gasteiger partial charge in [-0.25, -0.2) is 0 Å². The minimum atomic E-state index is -0.718. The number of rotatable bonds is 6. The van der Waals surface area contributed by atoms with E-state index in [-0.39, 0.29) is 6.42 Å². The predicted molar refractivity (Wildman–Crippen MR) is 83.3 cm³/mol. The van der Waals surface area contributed by atoms with Crippen molar-refractivity contribution < 1.29 is 9.90 Å². The first-order chi connectivity index (χ1) is 8.90. The molecule has 0 aromatic carbocycles. The Balaban J connectivity index is 2.89. The lowest BCUT2D eigenvalue weighted by Gasteiger charge is -2.08. The minimum absolute atomic E-state index is 0.227. The van der Waals surface area contributed by atoms with E-state index in [2.05, 4.69) is 39.8 Å². The van der Waals surface area contributed by atoms with Crippen molar-refractivity contribution in [3.8, 4) is 0 Å². The average molecular weight is 280 g/mol. The molecule has 1 aliphatic carbocycles. The second kappa shape index (κ2) is 7.59. The monoisotopic (exact) mass is 280 g/mol. The smallest absolute Gasteiger partial charge is 0.304 e. The molecule has 1 rings (SSSR count). The maximum absolute atomic E-state index is 10.6. The van der Waals surface area contributed by atoms with Gasteiger partial charge in [0.25, 0.3) is 0 Å². The highest BCUT2D eigenvalue weighted by molar-refractivity contribution is 8.03. The SMILES string of the molecule is CC(C)=CC1=C(SCCC(=O)O)/C(=C/C(C)C)CC1. The third-order valence-corrected chi connectivity index (χ3v) is 4.03. The minimum Gasteiger partial charge on any atom is -0.481 e. The molecule has 19 heavy (non-hydrogen) atoms. The number of allylic oxidation sites excluding steroid dienone is 5. The van der Waals surface area contributed by atoms with Gasteiger partial charge in [0, 0.05) is 10.7 Å². The number of carbonyl (C=O) groups is 1. The Hall–Kier alpha value is -0.960. The topological polar surface area (TPSA) is 37.3 Å². The second-order valence-electron chi connectivity index (χ2n) is 5.50. The fourth-order valence-electron chi connectivity index (χ4n) is 2.18. The maximum atomic E-state index is 10.6. The molecule has 0 aliphatic heterocycles. The van der Waals surface area contributed by atoms with Crippen LogP contribution in [0.25, 0.3) is 0 Å². The molecule has 2 nitrogen and oxygen atoms in total. The Morgan fingerprint density at radius 1 is 1.37 bits per heavy atom. The predicted octanol–water partition coefficient (Wildman–Crippen LogP) is 4.79. The molecule has 0 bridgehead atoms. The van der Waals surface area contributed by atoms with Crippen LogP contribution in [0, 0.1) is 5.92 Å². The second-order valence-corrected chi connectivity index (χ2v) is 6.61. The standard InChI is InChI=1S/C16H24O2S/c1-11(2)9-13-5-6-14(10-12(3)4)16(13)19-8-7-15(17)18/h9-11H,5-8H2,1-4H3,(H,17,18)/b13-9+. The molecule has 0 saturated carbocycles. The molecule has 0 spiro atoms. The van der Waals surface area contributed by atoms with E-state index in [1.807, 2.05) is 0 Å². The third-order valence-electron chi connectivity index (χ3n) is 2.81. The van der Waals surface area contributed by atoms with E-state index in [9.17, 15) is 4.79 Å². The highest BCUT2D eigenvalue weighted by Gasteiger charge is 2.19. The largest absolute Gasteiger partial charge is 0.481 e. The van der Waals surface area contributed by atoms with Crippen LogP contribution in [0.2, 0.25) is 0 Å². The van der Waals surface area contributed by atoms with E-state index in [4.69, 9.17) is 5.11 Å². The molecule has 0 amide bonds. The average Bonchev–Trinajstić information content (AvgIpc) is 2.60. The van der Waals surface area contributed by atoms with Crippen LogP contribution in [0.15, 0.2) is 33.8 Å². The normalized spacial score (nSPS) is 17.4. The quantitative estimate of drug-likeness (QED) is 0.760. The number of hydrogen-bond donors (Lipinski definition) is 1. The number of carboxylic acid groups (broad SMARTS) is 1. The molecule has 0 heterocycles. The van der Waals surface area contributed by atoms with E-state index < -0.39 is 5.97 Å². The van der Waals surface area contributed by atoms with Gasteiger partial charge in [-0.2, -0.15) is 0 Å². The molecule has 0 aromatic rings. The van der Waals surface area contributed by atoms with E-state index in [1.54, 1.807) is 11.8 Å². The maximum Gasteiger partial charge on any atom is 0.304 e. The summed E-state index contributed by atoms with van der Waals surface area (Å²) in [4.78, 5) is 12.0. The van der Waals surface area contributed by atoms with Crippen molar-refractivity contribution >= 4 is 17.7 Å². The van der Waals surface area contributed by atoms with Crippen LogP contribution in [0.5, 0.6) is 0 Å². The Bertz CT molecular complexity index is 424. The summed E-state index contributed by atoms with van der Waals surface area (Å²) in [6.07, 6.45) is 6.95. The van der Waals surface area contributed by atoms with E-state index in [1.165, 1.54) is 21.6 Å². The zero-order valence-electron chi connectivity index (χ0n) is 12.3. The lowest BCUT2D eigenvalue weighted by molar-refractivity contribution is -0.136. The molecule has 1 aliphatic rings. The lowest BCUT2D eigenvalue weighted by atomic mass is 10.1. The van der Waals surface area contributed by atoms with Gasteiger partial charge in [0.2, 0.25) is 0 Å². The van der Waals surface area contributed by atoms with Crippen molar-refractivity contribution in [3.05, 3.63) is 33.8 Å². The van der Waals surface area contributed by atoms with Crippen molar-refractivity contribution in [3.63, 3.8) is 0 Å². The van der Waals surface area contributed by atoms with Gasteiger partial charge < -0.3 is 5.11 Å². The van der Waals surface area contributed by atoms with Crippen molar-refractivity contribution in [2.45, 2.75) is 47.0 Å². The molecule has 0 unspecified atom stereocenters. The van der Waals surface area contributed by atoms with Gasteiger partial charge in [-0.3, -0.25) is 4.79 Å². The summed E-state index contributed by atoms with van der Waals surface area (Å²) >= 11 is 1.70. The van der Waals surface area contributed by atoms with Crippen LogP contribution in [0.3, 0.4) is 0 Å². The van der Waals surface area contributed by atoms with Crippen molar-refractivity contribution in [2.75, 3.05) is 5.75 Å². The summed E-state index contributed by atoms with van der Waals surface area (Å²) in [5.41, 5.74) is 4.08. The van der Waals surface area contributed by atoms with Crippen LogP contribution in [0.4, 0.5) is 0 Å². The van der Waals surface area contributed by atoms with Gasteiger partial charge in [-0.15, -0.1) is 11.8 Å². The molecule has 3 heteroatoms. The fourth-order valence-corrected chi connectivity index (χ4v) is 3.36. The summed E-state index contributed by atoms with van der Waals surface area (Å²) in [5, 5.41) is 8.75. The van der Waals surface area contributed by atoms with Crippen molar-refractivity contribution in [2.24, 2.45) is 5.92 Å². The molecule has 0 atom stereocenters. The van der Waals surface area contributed by atoms with Crippen molar-refractivity contribution in [1.29, 1.82) is 0 Å². The van der Waals surface area contributed by atoms with Gasteiger partial charge in [0.15, 0.2) is 0 Å². The molecular weight excluding hydrogens is 256 g/mol. The summed E-state index contributed by atoms with van der Waals surface area (Å²) < 4.78 is 0. The molecule has 106 valence electrons. The number of aliphatic carboxylic acids is 1. The first-order valence-electron chi connectivity index (χ1n) is 6.84. The summed E-state index contributed by atoms with van der Waals surface area (Å²) in [6, 6.07) is 0. The van der Waals surface area contributed by atoms with Gasteiger partial charge in [-0.1, -0.05) is 31.6 Å². The Morgan fingerprint density at radius 2 is 2.05 bits per heavy atom. The number of carboxylic acids is 1. The van der Waals surface area contributed by atoms with E-state index in [0.29, 0.717) is 11.7 Å². The fraction of sp³-hybridized carbons (Fsp3) is 0.562. The Labute approximate surface area is 120 Å². The van der Waals surface area contributed by atoms with Gasteiger partial charge in [0.1, 0.15) is 0 Å². The summed E-state index contributed by atoms with van der Waals surface area (Å²) in [6.45, 7) is 8.59. The molecule has 1 N–H and O–H groups in total. The van der Waals surface area contributed by atoms with Crippen LogP contribution in [0.1, 0.15) is 47.0 Å². The zero-order valence-corrected chi connectivity index (χ0v) is 13.1. The molecule has 0 saturated heterocycles. The van der Waals surface area contributed by atoms with Gasteiger partial charge in [-0.05, 0) is 43.8 Å². The number of thioether (sulfide) groups is 1. The Kier molecular flexibility index (Phi) is 6.43.